The summed E-state index contributed by atoms with van der Waals surface area (Å²) in [6.45, 7) is 5.55. The molecule has 2 aromatic rings. The predicted molar refractivity (Wildman–Crippen MR) is 94.5 cm³/mol. The van der Waals surface area contributed by atoms with Gasteiger partial charge in [-0.3, -0.25) is 0 Å². The highest BCUT2D eigenvalue weighted by Crippen LogP contribution is 2.25. The van der Waals surface area contributed by atoms with Gasteiger partial charge in [-0.2, -0.15) is 0 Å². The quantitative estimate of drug-likeness (QED) is 0.576. The maximum Gasteiger partial charge on any atom is 0.130 e. The lowest BCUT2D eigenvalue weighted by Crippen LogP contribution is -2.15. The Morgan fingerprint density at radius 1 is 1.05 bits per heavy atom. The molecule has 0 saturated carbocycles. The number of aryl methyl sites for hydroxylation is 1. The van der Waals surface area contributed by atoms with Crippen molar-refractivity contribution < 1.29 is 4.74 Å². The van der Waals surface area contributed by atoms with Gasteiger partial charge in [0.1, 0.15) is 11.5 Å². The number of nitrogens with two attached hydrogens (primary N) is 1. The zero-order chi connectivity index (χ0) is 16.0. The van der Waals surface area contributed by atoms with Crippen LogP contribution in [0, 0.1) is 0 Å². The fraction of sp³-hybridized carbons (Fsp3) is 0.263. The molecule has 0 amide bonds. The molecular formula is C19H26N2O. The molecule has 2 rings (SSSR count). The first-order chi connectivity index (χ1) is 10.9. The fourth-order valence-electron chi connectivity index (χ4n) is 2.03. The van der Waals surface area contributed by atoms with Crippen LogP contribution in [0.15, 0.2) is 67.3 Å². The first kappa shape index (κ1) is 18.0. The molecule has 118 valence electrons. The zero-order valence-corrected chi connectivity index (χ0v) is 13.3. The normalized spacial score (nSPS) is 9.55. The number of nitrogens with one attached hydrogen (secondary N) is 1. The van der Waals surface area contributed by atoms with E-state index in [1.54, 1.807) is 0 Å². The largest absolute Gasteiger partial charge is 0.457 e. The third-order valence-corrected chi connectivity index (χ3v) is 3.03. The molecule has 22 heavy (non-hydrogen) atoms. The van der Waals surface area contributed by atoms with E-state index in [2.05, 4.69) is 29.8 Å². The minimum Gasteiger partial charge on any atom is -0.457 e. The Bertz CT molecular complexity index is 526. The zero-order valence-electron chi connectivity index (χ0n) is 13.3. The molecule has 3 nitrogen and oxygen atoms in total. The third kappa shape index (κ3) is 6.57. The van der Waals surface area contributed by atoms with Gasteiger partial charge < -0.3 is 15.8 Å². The molecule has 0 saturated heterocycles. The summed E-state index contributed by atoms with van der Waals surface area (Å²) in [6.07, 6.45) is 3.97. The van der Waals surface area contributed by atoms with E-state index in [9.17, 15) is 0 Å². The molecule has 3 N–H and O–H groups in total. The second-order valence-electron chi connectivity index (χ2n) is 4.62. The van der Waals surface area contributed by atoms with Gasteiger partial charge in [-0.15, -0.1) is 6.58 Å². The number of ether oxygens (including phenoxy) is 1. The summed E-state index contributed by atoms with van der Waals surface area (Å²) in [5.74, 6) is 1.83. The van der Waals surface area contributed by atoms with Gasteiger partial charge in [0.25, 0.3) is 0 Å². The Labute approximate surface area is 133 Å². The molecule has 0 aliphatic rings. The Kier molecular flexibility index (Phi) is 9.42. The SMILES string of the molecule is C=CCNCCCc1ccccc1Oc1ccccc1.CN. The van der Waals surface area contributed by atoms with Crippen molar-refractivity contribution in [2.45, 2.75) is 12.8 Å². The van der Waals surface area contributed by atoms with Crippen molar-refractivity contribution in [3.05, 3.63) is 72.8 Å². The molecule has 0 aromatic heterocycles. The number of rotatable bonds is 8. The maximum atomic E-state index is 5.95. The predicted octanol–water partition coefficient (Wildman–Crippen LogP) is 3.76. The smallest absolute Gasteiger partial charge is 0.130 e. The van der Waals surface area contributed by atoms with E-state index in [-0.39, 0.29) is 0 Å². The molecule has 0 aliphatic carbocycles. The van der Waals surface area contributed by atoms with E-state index in [1.807, 2.05) is 48.5 Å². The summed E-state index contributed by atoms with van der Waals surface area (Å²) in [4.78, 5) is 0. The summed E-state index contributed by atoms with van der Waals surface area (Å²) < 4.78 is 5.95. The molecular weight excluding hydrogens is 272 g/mol. The van der Waals surface area contributed by atoms with Crippen LogP contribution in [-0.2, 0) is 6.42 Å². The van der Waals surface area contributed by atoms with Crippen molar-refractivity contribution in [3.63, 3.8) is 0 Å². The average molecular weight is 298 g/mol. The molecule has 0 fully saturated rings. The van der Waals surface area contributed by atoms with E-state index in [0.717, 1.165) is 37.4 Å². The topological polar surface area (TPSA) is 47.3 Å². The molecule has 0 bridgehead atoms. The molecule has 0 atom stereocenters. The lowest BCUT2D eigenvalue weighted by molar-refractivity contribution is 0.475. The maximum absolute atomic E-state index is 5.95. The van der Waals surface area contributed by atoms with Crippen molar-refractivity contribution in [2.75, 3.05) is 20.1 Å². The molecule has 2 aromatic carbocycles. The van der Waals surface area contributed by atoms with Crippen molar-refractivity contribution in [1.29, 1.82) is 0 Å². The monoisotopic (exact) mass is 298 g/mol. The van der Waals surface area contributed by atoms with Gasteiger partial charge in [-0.25, -0.2) is 0 Å². The molecule has 3 heteroatoms. The average Bonchev–Trinajstić information content (AvgIpc) is 2.59. The van der Waals surface area contributed by atoms with Gasteiger partial charge in [-0.1, -0.05) is 42.5 Å². The summed E-state index contributed by atoms with van der Waals surface area (Å²) in [6, 6.07) is 18.1. The number of hydrogen-bond acceptors (Lipinski definition) is 3. The second-order valence-corrected chi connectivity index (χ2v) is 4.62. The van der Waals surface area contributed by atoms with E-state index in [0.29, 0.717) is 0 Å². The first-order valence-corrected chi connectivity index (χ1v) is 7.60. The van der Waals surface area contributed by atoms with Gasteiger partial charge in [0, 0.05) is 6.54 Å². The lowest BCUT2D eigenvalue weighted by Gasteiger charge is -2.11. The number of benzene rings is 2. The highest BCUT2D eigenvalue weighted by molar-refractivity contribution is 5.37. The summed E-state index contributed by atoms with van der Waals surface area (Å²) in [5, 5.41) is 3.32. The van der Waals surface area contributed by atoms with Crippen LogP contribution in [0.4, 0.5) is 0 Å². The van der Waals surface area contributed by atoms with E-state index < -0.39 is 0 Å². The van der Waals surface area contributed by atoms with Gasteiger partial charge in [0.15, 0.2) is 0 Å². The summed E-state index contributed by atoms with van der Waals surface area (Å²) in [7, 11) is 1.50. The summed E-state index contributed by atoms with van der Waals surface area (Å²) >= 11 is 0. The van der Waals surface area contributed by atoms with Gasteiger partial charge >= 0.3 is 0 Å². The van der Waals surface area contributed by atoms with Crippen molar-refractivity contribution in [1.82, 2.24) is 5.32 Å². The number of para-hydroxylation sites is 2. The highest BCUT2D eigenvalue weighted by Gasteiger charge is 2.03. The third-order valence-electron chi connectivity index (χ3n) is 3.03. The van der Waals surface area contributed by atoms with Crippen LogP contribution in [-0.4, -0.2) is 20.1 Å². The Balaban J connectivity index is 0.00000116. The van der Waals surface area contributed by atoms with Gasteiger partial charge in [0.05, 0.1) is 0 Å². The minimum absolute atomic E-state index is 0.863. The van der Waals surface area contributed by atoms with Crippen LogP contribution in [0.3, 0.4) is 0 Å². The minimum atomic E-state index is 0.863. The van der Waals surface area contributed by atoms with E-state index in [1.165, 1.54) is 12.6 Å². The fourth-order valence-corrected chi connectivity index (χ4v) is 2.03. The van der Waals surface area contributed by atoms with Crippen LogP contribution >= 0.6 is 0 Å². The van der Waals surface area contributed by atoms with Crippen LogP contribution in [0.25, 0.3) is 0 Å². The number of hydrogen-bond donors (Lipinski definition) is 2. The molecule has 0 spiro atoms. The van der Waals surface area contributed by atoms with Crippen LogP contribution in [0.1, 0.15) is 12.0 Å². The highest BCUT2D eigenvalue weighted by atomic mass is 16.5. The van der Waals surface area contributed by atoms with Crippen LogP contribution in [0.2, 0.25) is 0 Å². The molecule has 0 radical (unpaired) electrons. The van der Waals surface area contributed by atoms with E-state index >= 15 is 0 Å². The van der Waals surface area contributed by atoms with Gasteiger partial charge in [-0.05, 0) is 50.2 Å². The Morgan fingerprint density at radius 3 is 2.45 bits per heavy atom. The first-order valence-electron chi connectivity index (χ1n) is 7.60. The lowest BCUT2D eigenvalue weighted by atomic mass is 10.1. The second kappa shape index (κ2) is 11.5. The van der Waals surface area contributed by atoms with Crippen LogP contribution in [0.5, 0.6) is 11.5 Å². The van der Waals surface area contributed by atoms with Crippen molar-refractivity contribution >= 4 is 0 Å². The molecule has 0 heterocycles. The Morgan fingerprint density at radius 2 is 1.73 bits per heavy atom. The van der Waals surface area contributed by atoms with Crippen LogP contribution < -0.4 is 15.8 Å². The van der Waals surface area contributed by atoms with Gasteiger partial charge in [0.2, 0.25) is 0 Å². The molecule has 0 aliphatic heterocycles. The molecule has 0 unspecified atom stereocenters. The summed E-state index contributed by atoms with van der Waals surface area (Å²) in [5.41, 5.74) is 5.75. The van der Waals surface area contributed by atoms with E-state index in [4.69, 9.17) is 4.74 Å². The Hall–Kier alpha value is -2.10. The standard InChI is InChI=1S/C18H21NO.CH5N/c1-2-14-19-15-8-10-16-9-6-7-13-18(16)20-17-11-4-3-5-12-17;1-2/h2-7,9,11-13,19H,1,8,10,14-15H2;2H2,1H3. The van der Waals surface area contributed by atoms with Crippen molar-refractivity contribution in [2.24, 2.45) is 5.73 Å². The van der Waals surface area contributed by atoms with Crippen molar-refractivity contribution in [3.8, 4) is 11.5 Å².